The first-order chi connectivity index (χ1) is 9.20. The van der Waals surface area contributed by atoms with Gasteiger partial charge in [-0.15, -0.1) is 0 Å². The molecule has 0 atom stereocenters. The monoisotopic (exact) mass is 255 g/mol. The summed E-state index contributed by atoms with van der Waals surface area (Å²) in [4.78, 5) is 16.1. The van der Waals surface area contributed by atoms with Crippen LogP contribution >= 0.6 is 0 Å². The van der Waals surface area contributed by atoms with Crippen molar-refractivity contribution in [3.63, 3.8) is 0 Å². The maximum atomic E-state index is 12.1. The molecule has 1 amide bonds. The maximum absolute atomic E-state index is 12.1. The average molecular weight is 255 g/mol. The van der Waals surface area contributed by atoms with E-state index >= 15 is 0 Å². The van der Waals surface area contributed by atoms with E-state index in [1.165, 1.54) is 5.56 Å². The smallest absolute Gasteiger partial charge is 0.255 e. The number of nitrogens with zero attached hydrogens (tertiary/aromatic N) is 1. The van der Waals surface area contributed by atoms with Gasteiger partial charge in [-0.05, 0) is 18.6 Å². The number of carbonyl (C=O) groups excluding carboxylic acids is 1. The van der Waals surface area contributed by atoms with E-state index in [4.69, 9.17) is 0 Å². The fourth-order valence-corrected chi connectivity index (χ4v) is 1.78. The topological polar surface area (TPSA) is 54.0 Å². The first kappa shape index (κ1) is 13.1. The Morgan fingerprint density at radius 1 is 1.21 bits per heavy atom. The van der Waals surface area contributed by atoms with Crippen molar-refractivity contribution in [2.45, 2.75) is 13.5 Å². The molecule has 1 aromatic carbocycles. The van der Waals surface area contributed by atoms with Gasteiger partial charge in [0.1, 0.15) is 0 Å². The Morgan fingerprint density at radius 3 is 2.63 bits per heavy atom. The number of pyridine rings is 1. The van der Waals surface area contributed by atoms with Gasteiger partial charge in [-0.3, -0.25) is 9.78 Å². The Bertz CT molecular complexity index is 564. The van der Waals surface area contributed by atoms with E-state index in [0.29, 0.717) is 12.1 Å². The Morgan fingerprint density at radius 2 is 1.95 bits per heavy atom. The zero-order chi connectivity index (χ0) is 13.7. The zero-order valence-corrected chi connectivity index (χ0v) is 11.1. The molecule has 0 fully saturated rings. The lowest BCUT2D eigenvalue weighted by Gasteiger charge is -2.09. The van der Waals surface area contributed by atoms with Crippen LogP contribution in [0.2, 0.25) is 0 Å². The van der Waals surface area contributed by atoms with Gasteiger partial charge in [0.05, 0.1) is 5.56 Å². The summed E-state index contributed by atoms with van der Waals surface area (Å²) in [5.41, 5.74) is 3.61. The molecule has 0 bridgehead atoms. The molecule has 0 aliphatic carbocycles. The molecule has 2 N–H and O–H groups in total. The molecule has 4 heteroatoms. The van der Waals surface area contributed by atoms with Crippen LogP contribution in [0.1, 0.15) is 21.5 Å². The molecule has 0 saturated heterocycles. The molecule has 0 unspecified atom stereocenters. The molecule has 0 aliphatic rings. The van der Waals surface area contributed by atoms with Crippen LogP contribution in [0.25, 0.3) is 0 Å². The number of nitrogens with one attached hydrogen (secondary N) is 2. The van der Waals surface area contributed by atoms with E-state index < -0.39 is 0 Å². The molecule has 0 saturated carbocycles. The van der Waals surface area contributed by atoms with Crippen LogP contribution < -0.4 is 10.6 Å². The van der Waals surface area contributed by atoms with E-state index in [9.17, 15) is 4.79 Å². The Balaban J connectivity index is 2.03. The molecular weight excluding hydrogens is 238 g/mol. The van der Waals surface area contributed by atoms with Crippen molar-refractivity contribution in [3.8, 4) is 0 Å². The van der Waals surface area contributed by atoms with Gasteiger partial charge in [0.25, 0.3) is 5.91 Å². The molecule has 0 spiro atoms. The first-order valence-electron chi connectivity index (χ1n) is 6.16. The van der Waals surface area contributed by atoms with E-state index in [2.05, 4.69) is 15.6 Å². The summed E-state index contributed by atoms with van der Waals surface area (Å²) in [5.74, 6) is -0.127. The van der Waals surface area contributed by atoms with Gasteiger partial charge in [0.2, 0.25) is 0 Å². The normalized spacial score (nSPS) is 10.0. The zero-order valence-electron chi connectivity index (χ0n) is 11.1. The van der Waals surface area contributed by atoms with Gasteiger partial charge in [-0.1, -0.05) is 29.8 Å². The summed E-state index contributed by atoms with van der Waals surface area (Å²) in [6.45, 7) is 2.55. The minimum absolute atomic E-state index is 0.127. The van der Waals surface area contributed by atoms with Gasteiger partial charge >= 0.3 is 0 Å². The number of rotatable bonds is 4. The van der Waals surface area contributed by atoms with Crippen molar-refractivity contribution in [2.75, 3.05) is 12.4 Å². The van der Waals surface area contributed by atoms with Crippen LogP contribution in [0, 0.1) is 6.92 Å². The second-order valence-corrected chi connectivity index (χ2v) is 4.34. The number of amides is 1. The lowest BCUT2D eigenvalue weighted by atomic mass is 10.1. The van der Waals surface area contributed by atoms with Crippen LogP contribution in [0.3, 0.4) is 0 Å². The first-order valence-corrected chi connectivity index (χ1v) is 6.16. The van der Waals surface area contributed by atoms with Crippen molar-refractivity contribution in [1.82, 2.24) is 10.3 Å². The molecule has 0 radical (unpaired) electrons. The van der Waals surface area contributed by atoms with Gasteiger partial charge in [0.15, 0.2) is 0 Å². The largest absolute Gasteiger partial charge is 0.387 e. The fraction of sp³-hybridized carbons (Fsp3) is 0.200. The molecule has 19 heavy (non-hydrogen) atoms. The third-order valence-corrected chi connectivity index (χ3v) is 2.91. The fourth-order valence-electron chi connectivity index (χ4n) is 1.78. The number of anilines is 1. The van der Waals surface area contributed by atoms with Crippen molar-refractivity contribution >= 4 is 11.6 Å². The second-order valence-electron chi connectivity index (χ2n) is 4.34. The highest BCUT2D eigenvalue weighted by molar-refractivity contribution is 5.99. The third-order valence-electron chi connectivity index (χ3n) is 2.91. The summed E-state index contributed by atoms with van der Waals surface area (Å²) in [7, 11) is 1.78. The lowest BCUT2D eigenvalue weighted by Crippen LogP contribution is -2.23. The van der Waals surface area contributed by atoms with Crippen LogP contribution in [-0.4, -0.2) is 17.9 Å². The molecule has 1 heterocycles. The van der Waals surface area contributed by atoms with E-state index in [0.717, 1.165) is 11.3 Å². The highest BCUT2D eigenvalue weighted by atomic mass is 16.1. The summed E-state index contributed by atoms with van der Waals surface area (Å²) in [6.07, 6.45) is 3.22. The number of carbonyl (C=O) groups is 1. The van der Waals surface area contributed by atoms with Gasteiger partial charge in [0, 0.05) is 31.7 Å². The third kappa shape index (κ3) is 3.31. The minimum atomic E-state index is -0.127. The molecule has 2 rings (SSSR count). The molecular formula is C15H17N3O. The van der Waals surface area contributed by atoms with Gasteiger partial charge in [-0.25, -0.2) is 0 Å². The maximum Gasteiger partial charge on any atom is 0.255 e. The van der Waals surface area contributed by atoms with E-state index in [1.54, 1.807) is 25.5 Å². The molecule has 98 valence electrons. The standard InChI is InChI=1S/C15H17N3O/c1-11-3-5-12(6-4-11)9-18-15(19)13-10-17-8-7-14(13)16-2/h3-8,10H,9H2,1-2H3,(H,16,17)(H,18,19). The molecule has 4 nitrogen and oxygen atoms in total. The number of hydrogen-bond acceptors (Lipinski definition) is 3. The minimum Gasteiger partial charge on any atom is -0.387 e. The van der Waals surface area contributed by atoms with Crippen molar-refractivity contribution in [3.05, 3.63) is 59.4 Å². The van der Waals surface area contributed by atoms with E-state index in [1.807, 2.05) is 31.2 Å². The van der Waals surface area contributed by atoms with Crippen LogP contribution in [0.4, 0.5) is 5.69 Å². The SMILES string of the molecule is CNc1ccncc1C(=O)NCc1ccc(C)cc1. The summed E-state index contributed by atoms with van der Waals surface area (Å²) in [5, 5.41) is 5.87. The number of aromatic nitrogens is 1. The molecule has 0 aliphatic heterocycles. The van der Waals surface area contributed by atoms with Crippen molar-refractivity contribution in [2.24, 2.45) is 0 Å². The predicted octanol–water partition coefficient (Wildman–Crippen LogP) is 2.36. The summed E-state index contributed by atoms with van der Waals surface area (Å²) < 4.78 is 0. The number of benzene rings is 1. The van der Waals surface area contributed by atoms with Crippen molar-refractivity contribution in [1.29, 1.82) is 0 Å². The molecule has 1 aromatic heterocycles. The Labute approximate surface area is 112 Å². The molecule has 2 aromatic rings. The second kappa shape index (κ2) is 6.00. The van der Waals surface area contributed by atoms with Gasteiger partial charge < -0.3 is 10.6 Å². The van der Waals surface area contributed by atoms with Gasteiger partial charge in [-0.2, -0.15) is 0 Å². The number of hydrogen-bond donors (Lipinski definition) is 2. The van der Waals surface area contributed by atoms with Crippen LogP contribution in [0.5, 0.6) is 0 Å². The highest BCUT2D eigenvalue weighted by Crippen LogP contribution is 2.12. The Kier molecular flexibility index (Phi) is 4.13. The predicted molar refractivity (Wildman–Crippen MR) is 76.1 cm³/mol. The average Bonchev–Trinajstić information content (AvgIpc) is 2.46. The van der Waals surface area contributed by atoms with Crippen LogP contribution in [-0.2, 0) is 6.54 Å². The van der Waals surface area contributed by atoms with Crippen LogP contribution in [0.15, 0.2) is 42.7 Å². The summed E-state index contributed by atoms with van der Waals surface area (Å²) >= 11 is 0. The van der Waals surface area contributed by atoms with Crippen molar-refractivity contribution < 1.29 is 4.79 Å². The number of aryl methyl sites for hydroxylation is 1. The lowest BCUT2D eigenvalue weighted by molar-refractivity contribution is 0.0951. The summed E-state index contributed by atoms with van der Waals surface area (Å²) in [6, 6.07) is 9.87. The quantitative estimate of drug-likeness (QED) is 0.881. The Hall–Kier alpha value is -2.36. The van der Waals surface area contributed by atoms with E-state index in [-0.39, 0.29) is 5.91 Å². The highest BCUT2D eigenvalue weighted by Gasteiger charge is 2.09.